The van der Waals surface area contributed by atoms with Gasteiger partial charge >= 0.3 is 6.18 Å². The highest BCUT2D eigenvalue weighted by Gasteiger charge is 2.33. The number of unbranched alkanes of at least 4 members (excludes halogenated alkanes) is 2. The first-order valence-electron chi connectivity index (χ1n) is 6.49. The molecule has 1 heterocycles. The first kappa shape index (κ1) is 16.6. The van der Waals surface area contributed by atoms with Gasteiger partial charge in [-0.05, 0) is 31.5 Å². The molecule has 0 spiro atoms. The summed E-state index contributed by atoms with van der Waals surface area (Å²) in [4.78, 5) is 12.6. The van der Waals surface area contributed by atoms with Gasteiger partial charge in [-0.1, -0.05) is 6.42 Å². The molecule has 114 valence electrons. The zero-order chi connectivity index (χ0) is 15.0. The second kappa shape index (κ2) is 7.94. The average molecular weight is 292 g/mol. The number of carbonyl (C=O) groups is 1. The van der Waals surface area contributed by atoms with Crippen molar-refractivity contribution in [1.82, 2.24) is 4.90 Å². The number of rotatable bonds is 8. The van der Waals surface area contributed by atoms with E-state index < -0.39 is 18.6 Å². The number of carbonyl (C=O) groups excluding carboxylic acids is 1. The van der Waals surface area contributed by atoms with Crippen LogP contribution in [0.4, 0.5) is 13.2 Å². The van der Waals surface area contributed by atoms with E-state index >= 15 is 0 Å². The van der Waals surface area contributed by atoms with Crippen molar-refractivity contribution < 1.29 is 22.4 Å². The van der Waals surface area contributed by atoms with Crippen LogP contribution in [-0.2, 0) is 11.3 Å². The Kier molecular flexibility index (Phi) is 6.57. The summed E-state index contributed by atoms with van der Waals surface area (Å²) in [6, 6.07) is 3.12. The minimum Gasteiger partial charge on any atom is -0.467 e. The van der Waals surface area contributed by atoms with Gasteiger partial charge in [-0.15, -0.1) is 0 Å². The maximum absolute atomic E-state index is 12.5. The summed E-state index contributed by atoms with van der Waals surface area (Å²) in [7, 11) is 0. The number of nitrogens with two attached hydrogens (primary N) is 1. The number of furan rings is 1. The third-order valence-electron chi connectivity index (χ3n) is 2.74. The van der Waals surface area contributed by atoms with Crippen LogP contribution in [0.25, 0.3) is 0 Å². The van der Waals surface area contributed by atoms with Gasteiger partial charge in [0, 0.05) is 6.42 Å². The van der Waals surface area contributed by atoms with Gasteiger partial charge in [0.15, 0.2) is 0 Å². The number of hydrogen-bond donors (Lipinski definition) is 1. The lowest BCUT2D eigenvalue weighted by Gasteiger charge is -2.23. The van der Waals surface area contributed by atoms with Gasteiger partial charge in [-0.25, -0.2) is 0 Å². The monoisotopic (exact) mass is 292 g/mol. The molecule has 0 unspecified atom stereocenters. The van der Waals surface area contributed by atoms with Crippen molar-refractivity contribution in [2.75, 3.05) is 13.1 Å². The minimum atomic E-state index is -4.42. The Hall–Kier alpha value is -1.50. The van der Waals surface area contributed by atoms with E-state index in [1.165, 1.54) is 6.26 Å². The van der Waals surface area contributed by atoms with E-state index in [1.54, 1.807) is 12.1 Å². The molecule has 7 heteroatoms. The topological polar surface area (TPSA) is 59.5 Å². The first-order chi connectivity index (χ1) is 9.42. The summed E-state index contributed by atoms with van der Waals surface area (Å²) < 4.78 is 42.5. The fraction of sp³-hybridized carbons (Fsp3) is 0.615. The van der Waals surface area contributed by atoms with Crippen LogP contribution in [0.1, 0.15) is 31.4 Å². The molecule has 0 saturated carbocycles. The Bertz CT molecular complexity index is 391. The number of halogens is 3. The van der Waals surface area contributed by atoms with E-state index in [0.717, 1.165) is 17.7 Å². The highest BCUT2D eigenvalue weighted by atomic mass is 19.4. The van der Waals surface area contributed by atoms with Gasteiger partial charge in [-0.3, -0.25) is 4.79 Å². The molecule has 0 aliphatic heterocycles. The Morgan fingerprint density at radius 3 is 2.60 bits per heavy atom. The summed E-state index contributed by atoms with van der Waals surface area (Å²) in [5.74, 6) is -0.180. The van der Waals surface area contributed by atoms with Crippen molar-refractivity contribution in [3.05, 3.63) is 24.2 Å². The number of nitrogens with zero attached hydrogens (tertiary/aromatic N) is 1. The largest absolute Gasteiger partial charge is 0.467 e. The van der Waals surface area contributed by atoms with Crippen LogP contribution in [0.2, 0.25) is 0 Å². The third-order valence-corrected chi connectivity index (χ3v) is 2.74. The molecule has 1 amide bonds. The van der Waals surface area contributed by atoms with Crippen LogP contribution >= 0.6 is 0 Å². The summed E-state index contributed by atoms with van der Waals surface area (Å²) >= 11 is 0. The number of alkyl halides is 3. The van der Waals surface area contributed by atoms with E-state index in [0.29, 0.717) is 18.7 Å². The lowest BCUT2D eigenvalue weighted by Crippen LogP contribution is -2.38. The fourth-order valence-corrected chi connectivity index (χ4v) is 1.79. The molecule has 2 N–H and O–H groups in total. The van der Waals surface area contributed by atoms with Crippen LogP contribution in [0, 0.1) is 0 Å². The second-order valence-corrected chi connectivity index (χ2v) is 4.54. The normalized spacial score (nSPS) is 11.6. The maximum Gasteiger partial charge on any atom is 0.406 e. The van der Waals surface area contributed by atoms with Crippen molar-refractivity contribution in [3.8, 4) is 0 Å². The van der Waals surface area contributed by atoms with Crippen molar-refractivity contribution in [3.63, 3.8) is 0 Å². The Labute approximate surface area is 115 Å². The molecule has 0 aromatic carbocycles. The van der Waals surface area contributed by atoms with E-state index in [-0.39, 0.29) is 13.0 Å². The molecule has 0 saturated heterocycles. The fourth-order valence-electron chi connectivity index (χ4n) is 1.79. The summed E-state index contributed by atoms with van der Waals surface area (Å²) in [5, 5.41) is 0. The van der Waals surface area contributed by atoms with Gasteiger partial charge in [0.05, 0.1) is 12.8 Å². The molecule has 0 bridgehead atoms. The predicted molar refractivity (Wildman–Crippen MR) is 67.7 cm³/mol. The SMILES string of the molecule is NCCCCCC(=O)N(Cc1ccco1)CC(F)(F)F. The smallest absolute Gasteiger partial charge is 0.406 e. The summed E-state index contributed by atoms with van der Waals surface area (Å²) in [6.45, 7) is -0.904. The second-order valence-electron chi connectivity index (χ2n) is 4.54. The van der Waals surface area contributed by atoms with Gasteiger partial charge in [-0.2, -0.15) is 13.2 Å². The average Bonchev–Trinajstić information content (AvgIpc) is 2.85. The van der Waals surface area contributed by atoms with Gasteiger partial charge < -0.3 is 15.1 Å². The standard InChI is InChI=1S/C13H19F3N2O2/c14-13(15,16)10-18(9-11-5-4-8-20-11)12(19)6-2-1-3-7-17/h4-5,8H,1-3,6-7,9-10,17H2. The molecule has 20 heavy (non-hydrogen) atoms. The first-order valence-corrected chi connectivity index (χ1v) is 6.49. The van der Waals surface area contributed by atoms with Crippen molar-refractivity contribution in [1.29, 1.82) is 0 Å². The van der Waals surface area contributed by atoms with Gasteiger partial charge in [0.1, 0.15) is 12.3 Å². The molecule has 1 rings (SSSR count). The van der Waals surface area contributed by atoms with Crippen LogP contribution in [0.3, 0.4) is 0 Å². The number of amides is 1. The van der Waals surface area contributed by atoms with Crippen molar-refractivity contribution in [2.24, 2.45) is 5.73 Å². The number of hydrogen-bond acceptors (Lipinski definition) is 3. The lowest BCUT2D eigenvalue weighted by atomic mass is 10.1. The molecule has 0 atom stereocenters. The summed E-state index contributed by atoms with van der Waals surface area (Å²) in [5.41, 5.74) is 5.32. The Morgan fingerprint density at radius 1 is 1.30 bits per heavy atom. The zero-order valence-electron chi connectivity index (χ0n) is 11.2. The highest BCUT2D eigenvalue weighted by Crippen LogP contribution is 2.19. The van der Waals surface area contributed by atoms with E-state index in [1.807, 2.05) is 0 Å². The van der Waals surface area contributed by atoms with E-state index in [2.05, 4.69) is 0 Å². The van der Waals surface area contributed by atoms with Crippen LogP contribution in [0.15, 0.2) is 22.8 Å². The van der Waals surface area contributed by atoms with Gasteiger partial charge in [0.25, 0.3) is 0 Å². The molecule has 1 aromatic rings. The van der Waals surface area contributed by atoms with Crippen LogP contribution in [-0.4, -0.2) is 30.1 Å². The molecule has 0 aliphatic carbocycles. The molecule has 0 aliphatic rings. The Balaban J connectivity index is 2.54. The zero-order valence-corrected chi connectivity index (χ0v) is 11.2. The third kappa shape index (κ3) is 6.60. The van der Waals surface area contributed by atoms with E-state index in [9.17, 15) is 18.0 Å². The quantitative estimate of drug-likeness (QED) is 0.749. The molecule has 1 aromatic heterocycles. The van der Waals surface area contributed by atoms with Gasteiger partial charge in [0.2, 0.25) is 5.91 Å². The predicted octanol–water partition coefficient (Wildman–Crippen LogP) is 2.69. The lowest BCUT2D eigenvalue weighted by molar-refractivity contribution is -0.162. The maximum atomic E-state index is 12.5. The molecule has 0 radical (unpaired) electrons. The van der Waals surface area contributed by atoms with Crippen molar-refractivity contribution >= 4 is 5.91 Å². The Morgan fingerprint density at radius 2 is 2.05 bits per heavy atom. The molecular formula is C13H19F3N2O2. The summed E-state index contributed by atoms with van der Waals surface area (Å²) in [6.07, 6.45) is -0.904. The molecule has 0 fully saturated rings. The highest BCUT2D eigenvalue weighted by molar-refractivity contribution is 5.76. The minimum absolute atomic E-state index is 0.0940. The van der Waals surface area contributed by atoms with Crippen molar-refractivity contribution in [2.45, 2.75) is 38.4 Å². The van der Waals surface area contributed by atoms with E-state index in [4.69, 9.17) is 10.2 Å². The molecular weight excluding hydrogens is 273 g/mol. The molecule has 4 nitrogen and oxygen atoms in total. The van der Waals surface area contributed by atoms with Crippen LogP contribution < -0.4 is 5.73 Å². The van der Waals surface area contributed by atoms with Crippen LogP contribution in [0.5, 0.6) is 0 Å².